The van der Waals surface area contributed by atoms with Crippen LogP contribution in [-0.2, 0) is 9.59 Å². The molecule has 0 aromatic heterocycles. The average molecular weight is 289 g/mol. The van der Waals surface area contributed by atoms with Crippen molar-refractivity contribution in [3.05, 3.63) is 18.2 Å². The zero-order chi connectivity index (χ0) is 14.8. The van der Waals surface area contributed by atoms with Gasteiger partial charge in [-0.2, -0.15) is 0 Å². The van der Waals surface area contributed by atoms with Crippen LogP contribution in [0.1, 0.15) is 19.8 Å². The van der Waals surface area contributed by atoms with E-state index in [-0.39, 0.29) is 24.5 Å². The maximum Gasteiger partial charge on any atom is 0.262 e. The zero-order valence-corrected chi connectivity index (χ0v) is 11.9. The third kappa shape index (κ3) is 3.00. The molecule has 1 aromatic carbocycles. The molecule has 0 saturated carbocycles. The van der Waals surface area contributed by atoms with Crippen molar-refractivity contribution in [1.29, 1.82) is 0 Å². The van der Waals surface area contributed by atoms with Gasteiger partial charge in [-0.15, -0.1) is 0 Å². The van der Waals surface area contributed by atoms with Crippen molar-refractivity contribution in [3.8, 4) is 5.75 Å². The van der Waals surface area contributed by atoms with Gasteiger partial charge in [0.05, 0.1) is 11.7 Å². The Kier molecular flexibility index (Phi) is 3.79. The fourth-order valence-electron chi connectivity index (χ4n) is 2.78. The highest BCUT2D eigenvalue weighted by molar-refractivity contribution is 5.98. The van der Waals surface area contributed by atoms with Crippen LogP contribution in [-0.4, -0.2) is 31.0 Å². The van der Waals surface area contributed by atoms with Gasteiger partial charge in [-0.25, -0.2) is 0 Å². The smallest absolute Gasteiger partial charge is 0.262 e. The molecule has 3 N–H and O–H groups in total. The maximum absolute atomic E-state index is 12.3. The molecular formula is C15H19N3O3. The number of rotatable bonds is 2. The molecule has 2 amide bonds. The first-order valence-electron chi connectivity index (χ1n) is 7.24. The Labute approximate surface area is 123 Å². The van der Waals surface area contributed by atoms with Crippen molar-refractivity contribution in [3.63, 3.8) is 0 Å². The lowest BCUT2D eigenvalue weighted by molar-refractivity contribution is -0.120. The van der Waals surface area contributed by atoms with Gasteiger partial charge in [0.15, 0.2) is 6.61 Å². The number of anilines is 2. The Hall–Kier alpha value is -2.08. The first-order valence-corrected chi connectivity index (χ1v) is 7.24. The fourth-order valence-corrected chi connectivity index (χ4v) is 2.78. The van der Waals surface area contributed by atoms with E-state index in [4.69, 9.17) is 4.74 Å². The molecule has 2 heterocycles. The molecule has 0 aliphatic carbocycles. The SMILES string of the molecule is CC1CCCNC1C(=O)Nc1ccc2c(c1)NC(=O)CO2. The van der Waals surface area contributed by atoms with E-state index in [2.05, 4.69) is 22.9 Å². The topological polar surface area (TPSA) is 79.5 Å². The predicted octanol–water partition coefficient (Wildman–Crippen LogP) is 1.34. The lowest BCUT2D eigenvalue weighted by atomic mass is 9.92. The summed E-state index contributed by atoms with van der Waals surface area (Å²) in [7, 11) is 0. The fraction of sp³-hybridized carbons (Fsp3) is 0.467. The van der Waals surface area contributed by atoms with Gasteiger partial charge in [-0.05, 0) is 43.5 Å². The number of hydrogen-bond acceptors (Lipinski definition) is 4. The molecule has 0 spiro atoms. The van der Waals surface area contributed by atoms with E-state index < -0.39 is 0 Å². The van der Waals surface area contributed by atoms with E-state index in [0.29, 0.717) is 23.0 Å². The minimum atomic E-state index is -0.187. The molecule has 6 nitrogen and oxygen atoms in total. The number of amides is 2. The van der Waals surface area contributed by atoms with E-state index in [9.17, 15) is 9.59 Å². The third-order valence-corrected chi connectivity index (χ3v) is 3.93. The second-order valence-electron chi connectivity index (χ2n) is 5.59. The number of carbonyl (C=O) groups excluding carboxylic acids is 2. The molecule has 0 radical (unpaired) electrons. The van der Waals surface area contributed by atoms with E-state index >= 15 is 0 Å². The van der Waals surface area contributed by atoms with Gasteiger partial charge in [0.25, 0.3) is 5.91 Å². The lowest BCUT2D eigenvalue weighted by Gasteiger charge is -2.29. The molecule has 2 aliphatic rings. The second-order valence-corrected chi connectivity index (χ2v) is 5.59. The summed E-state index contributed by atoms with van der Waals surface area (Å²) in [5, 5.41) is 8.88. The van der Waals surface area contributed by atoms with Gasteiger partial charge >= 0.3 is 0 Å². The molecule has 1 fully saturated rings. The Balaban J connectivity index is 1.71. The molecule has 2 atom stereocenters. The predicted molar refractivity (Wildman–Crippen MR) is 79.4 cm³/mol. The molecule has 2 unspecified atom stereocenters. The number of hydrogen-bond donors (Lipinski definition) is 3. The summed E-state index contributed by atoms with van der Waals surface area (Å²) < 4.78 is 5.29. The average Bonchev–Trinajstić information content (AvgIpc) is 2.47. The number of piperidine rings is 1. The van der Waals surface area contributed by atoms with Crippen LogP contribution < -0.4 is 20.7 Å². The largest absolute Gasteiger partial charge is 0.482 e. The lowest BCUT2D eigenvalue weighted by Crippen LogP contribution is -2.48. The van der Waals surface area contributed by atoms with Crippen molar-refractivity contribution < 1.29 is 14.3 Å². The number of fused-ring (bicyclic) bond motifs is 1. The Morgan fingerprint density at radius 3 is 3.10 bits per heavy atom. The van der Waals surface area contributed by atoms with Gasteiger partial charge in [0, 0.05) is 5.69 Å². The van der Waals surface area contributed by atoms with Crippen LogP contribution in [0.25, 0.3) is 0 Å². The van der Waals surface area contributed by atoms with Crippen LogP contribution >= 0.6 is 0 Å². The summed E-state index contributed by atoms with van der Waals surface area (Å²) >= 11 is 0. The van der Waals surface area contributed by atoms with Crippen molar-refractivity contribution in [2.24, 2.45) is 5.92 Å². The summed E-state index contributed by atoms with van der Waals surface area (Å²) in [6.07, 6.45) is 2.16. The Morgan fingerprint density at radius 1 is 1.43 bits per heavy atom. The molecule has 2 aliphatic heterocycles. The Bertz CT molecular complexity index is 573. The maximum atomic E-state index is 12.3. The monoisotopic (exact) mass is 289 g/mol. The second kappa shape index (κ2) is 5.73. The molecule has 0 bridgehead atoms. The minimum Gasteiger partial charge on any atom is -0.482 e. The number of ether oxygens (including phenoxy) is 1. The zero-order valence-electron chi connectivity index (χ0n) is 11.9. The first kappa shape index (κ1) is 13.9. The van der Waals surface area contributed by atoms with Crippen LogP contribution in [0.3, 0.4) is 0 Å². The van der Waals surface area contributed by atoms with Gasteiger partial charge in [-0.3, -0.25) is 9.59 Å². The highest BCUT2D eigenvalue weighted by Crippen LogP contribution is 2.30. The summed E-state index contributed by atoms with van der Waals surface area (Å²) in [6.45, 7) is 2.98. The van der Waals surface area contributed by atoms with Crippen LogP contribution in [0.5, 0.6) is 5.75 Å². The van der Waals surface area contributed by atoms with E-state index in [1.807, 2.05) is 0 Å². The van der Waals surface area contributed by atoms with Crippen molar-refractivity contribution in [2.45, 2.75) is 25.8 Å². The van der Waals surface area contributed by atoms with Crippen LogP contribution in [0.4, 0.5) is 11.4 Å². The normalized spacial score (nSPS) is 24.5. The van der Waals surface area contributed by atoms with Crippen LogP contribution in [0.15, 0.2) is 18.2 Å². The first-order chi connectivity index (χ1) is 10.1. The molecule has 1 aromatic rings. The molecule has 21 heavy (non-hydrogen) atoms. The van der Waals surface area contributed by atoms with Crippen molar-refractivity contribution in [1.82, 2.24) is 5.32 Å². The third-order valence-electron chi connectivity index (χ3n) is 3.93. The van der Waals surface area contributed by atoms with Gasteiger partial charge in [0.1, 0.15) is 5.75 Å². The molecule has 6 heteroatoms. The van der Waals surface area contributed by atoms with Crippen LogP contribution in [0, 0.1) is 5.92 Å². The summed E-state index contributed by atoms with van der Waals surface area (Å²) in [6, 6.07) is 5.09. The summed E-state index contributed by atoms with van der Waals surface area (Å²) in [5.41, 5.74) is 1.25. The Morgan fingerprint density at radius 2 is 2.29 bits per heavy atom. The number of carbonyl (C=O) groups is 2. The van der Waals surface area contributed by atoms with Gasteiger partial charge in [-0.1, -0.05) is 6.92 Å². The number of nitrogens with one attached hydrogen (secondary N) is 3. The quantitative estimate of drug-likeness (QED) is 0.767. The highest BCUT2D eigenvalue weighted by Gasteiger charge is 2.27. The minimum absolute atomic E-state index is 0.0300. The molecular weight excluding hydrogens is 270 g/mol. The molecule has 1 saturated heterocycles. The van der Waals surface area contributed by atoms with E-state index in [0.717, 1.165) is 19.4 Å². The molecule has 112 valence electrons. The summed E-state index contributed by atoms with van der Waals surface area (Å²) in [5.74, 6) is 0.718. The van der Waals surface area contributed by atoms with Gasteiger partial charge < -0.3 is 20.7 Å². The number of benzene rings is 1. The molecule has 3 rings (SSSR count). The van der Waals surface area contributed by atoms with Crippen molar-refractivity contribution >= 4 is 23.2 Å². The van der Waals surface area contributed by atoms with Gasteiger partial charge in [0.2, 0.25) is 5.91 Å². The summed E-state index contributed by atoms with van der Waals surface area (Å²) in [4.78, 5) is 23.6. The van der Waals surface area contributed by atoms with E-state index in [1.165, 1.54) is 0 Å². The van der Waals surface area contributed by atoms with E-state index in [1.54, 1.807) is 18.2 Å². The van der Waals surface area contributed by atoms with Crippen molar-refractivity contribution in [2.75, 3.05) is 23.8 Å². The standard InChI is InChI=1S/C15H19N3O3/c1-9-3-2-6-16-14(9)15(20)17-10-4-5-12-11(7-10)18-13(19)8-21-12/h4-5,7,9,14,16H,2-3,6,8H2,1H3,(H,17,20)(H,18,19). The highest BCUT2D eigenvalue weighted by atomic mass is 16.5. The van der Waals surface area contributed by atoms with Crippen LogP contribution in [0.2, 0.25) is 0 Å².